The van der Waals surface area contributed by atoms with Crippen molar-refractivity contribution in [2.45, 2.75) is 50.0 Å². The largest absolute Gasteiger partial charge is 0.322 e. The van der Waals surface area contributed by atoms with Crippen LogP contribution in [0.2, 0.25) is 0 Å². The summed E-state index contributed by atoms with van der Waals surface area (Å²) in [7, 11) is -3.60. The highest BCUT2D eigenvalue weighted by molar-refractivity contribution is 7.89. The maximum atomic E-state index is 13.2. The second-order valence-electron chi connectivity index (χ2n) is 8.56. The number of benzene rings is 3. The number of carbonyl (C=O) groups excluding carboxylic acids is 1. The Hall–Kier alpha value is -3.36. The zero-order valence-electron chi connectivity index (χ0n) is 19.8. The van der Waals surface area contributed by atoms with Crippen molar-refractivity contribution in [3.8, 4) is 0 Å². The van der Waals surface area contributed by atoms with E-state index < -0.39 is 10.0 Å². The topological polar surface area (TPSA) is 91.2 Å². The van der Waals surface area contributed by atoms with Crippen LogP contribution in [-0.2, 0) is 10.0 Å². The molecule has 1 saturated carbocycles. The molecule has 1 aliphatic rings. The molecule has 0 bridgehead atoms. The van der Waals surface area contributed by atoms with Crippen LogP contribution in [0, 0.1) is 0 Å². The van der Waals surface area contributed by atoms with Gasteiger partial charge in [-0.25, -0.2) is 8.42 Å². The highest BCUT2D eigenvalue weighted by atomic mass is 32.2. The van der Waals surface area contributed by atoms with Gasteiger partial charge in [-0.2, -0.15) is 14.5 Å². The molecule has 1 amide bonds. The molecular formula is C27H30N4O3S. The Bertz CT molecular complexity index is 1250. The molecule has 1 aliphatic carbocycles. The van der Waals surface area contributed by atoms with E-state index in [4.69, 9.17) is 0 Å². The minimum atomic E-state index is -3.60. The van der Waals surface area contributed by atoms with E-state index in [1.54, 1.807) is 40.7 Å². The standard InChI is InChI=1S/C27H30N4O3S/c1-2-31(25-11-7-4-8-12-25)35(33,34)26-19-13-21(14-20-26)27(32)28-22-15-17-24(18-16-22)30-29-23-9-5-3-6-10-23/h3,5-6,9-10,13-20,25H,2,4,7-8,11-12H2,1H3,(H,28,32). The predicted molar refractivity (Wildman–Crippen MR) is 138 cm³/mol. The Kier molecular flexibility index (Phi) is 8.05. The van der Waals surface area contributed by atoms with Gasteiger partial charge in [0.1, 0.15) is 0 Å². The maximum absolute atomic E-state index is 13.2. The van der Waals surface area contributed by atoms with Crippen molar-refractivity contribution in [3.63, 3.8) is 0 Å². The smallest absolute Gasteiger partial charge is 0.255 e. The quantitative estimate of drug-likeness (QED) is 0.356. The van der Waals surface area contributed by atoms with E-state index in [-0.39, 0.29) is 16.8 Å². The fourth-order valence-corrected chi connectivity index (χ4v) is 6.03. The van der Waals surface area contributed by atoms with E-state index >= 15 is 0 Å². The van der Waals surface area contributed by atoms with Gasteiger partial charge < -0.3 is 5.32 Å². The van der Waals surface area contributed by atoms with Crippen LogP contribution in [0.4, 0.5) is 17.1 Å². The molecule has 0 saturated heterocycles. The van der Waals surface area contributed by atoms with E-state index in [9.17, 15) is 13.2 Å². The predicted octanol–water partition coefficient (Wildman–Crippen LogP) is 6.70. The summed E-state index contributed by atoms with van der Waals surface area (Å²) in [6, 6.07) is 22.7. The van der Waals surface area contributed by atoms with Crippen LogP contribution in [0.15, 0.2) is 94.0 Å². The zero-order valence-corrected chi connectivity index (χ0v) is 20.6. The Balaban J connectivity index is 1.40. The minimum Gasteiger partial charge on any atom is -0.322 e. The first-order valence-electron chi connectivity index (χ1n) is 12.0. The Morgan fingerprint density at radius 3 is 2.06 bits per heavy atom. The van der Waals surface area contributed by atoms with Gasteiger partial charge >= 0.3 is 0 Å². The first-order valence-corrected chi connectivity index (χ1v) is 13.4. The number of carbonyl (C=O) groups is 1. The lowest BCUT2D eigenvalue weighted by atomic mass is 9.95. The van der Waals surface area contributed by atoms with Crippen molar-refractivity contribution >= 4 is 33.0 Å². The summed E-state index contributed by atoms with van der Waals surface area (Å²) in [6.07, 6.45) is 5.09. The Morgan fingerprint density at radius 2 is 1.46 bits per heavy atom. The van der Waals surface area contributed by atoms with Crippen molar-refractivity contribution in [2.24, 2.45) is 10.2 Å². The number of nitrogens with one attached hydrogen (secondary N) is 1. The van der Waals surface area contributed by atoms with Crippen LogP contribution in [-0.4, -0.2) is 31.2 Å². The molecule has 1 N–H and O–H groups in total. The highest BCUT2D eigenvalue weighted by Gasteiger charge is 2.31. The molecule has 0 radical (unpaired) electrons. The summed E-state index contributed by atoms with van der Waals surface area (Å²) in [5, 5.41) is 11.2. The van der Waals surface area contributed by atoms with Crippen molar-refractivity contribution in [1.82, 2.24) is 4.31 Å². The fourth-order valence-electron chi connectivity index (χ4n) is 4.33. The van der Waals surface area contributed by atoms with E-state index in [0.717, 1.165) is 31.4 Å². The average molecular weight is 491 g/mol. The summed E-state index contributed by atoms with van der Waals surface area (Å²) >= 11 is 0. The zero-order chi connectivity index (χ0) is 24.7. The molecule has 0 heterocycles. The van der Waals surface area contributed by atoms with Crippen molar-refractivity contribution in [3.05, 3.63) is 84.4 Å². The SMILES string of the molecule is CCN(C1CCCCC1)S(=O)(=O)c1ccc(C(=O)Nc2ccc(N=Nc3ccccc3)cc2)cc1. The van der Waals surface area contributed by atoms with Gasteiger partial charge in [0.05, 0.1) is 16.3 Å². The van der Waals surface area contributed by atoms with Crippen LogP contribution >= 0.6 is 0 Å². The molecule has 4 rings (SSSR count). The fraction of sp³-hybridized carbons (Fsp3) is 0.296. The molecule has 0 unspecified atom stereocenters. The molecular weight excluding hydrogens is 460 g/mol. The summed E-state index contributed by atoms with van der Waals surface area (Å²) in [5.41, 5.74) is 2.42. The van der Waals surface area contributed by atoms with Crippen LogP contribution in [0.3, 0.4) is 0 Å². The van der Waals surface area contributed by atoms with Gasteiger partial charge in [0.15, 0.2) is 0 Å². The number of hydrogen-bond donors (Lipinski definition) is 1. The van der Waals surface area contributed by atoms with E-state index in [1.165, 1.54) is 18.6 Å². The van der Waals surface area contributed by atoms with Crippen molar-refractivity contribution in [1.29, 1.82) is 0 Å². The third-order valence-electron chi connectivity index (χ3n) is 6.18. The van der Waals surface area contributed by atoms with E-state index in [1.807, 2.05) is 37.3 Å². The van der Waals surface area contributed by atoms with Crippen LogP contribution < -0.4 is 5.32 Å². The number of rotatable bonds is 8. The summed E-state index contributed by atoms with van der Waals surface area (Å²) in [6.45, 7) is 2.32. The second kappa shape index (κ2) is 11.4. The Morgan fingerprint density at radius 1 is 0.857 bits per heavy atom. The van der Waals surface area contributed by atoms with Gasteiger partial charge in [0.2, 0.25) is 10.0 Å². The molecule has 8 heteroatoms. The minimum absolute atomic E-state index is 0.0527. The lowest BCUT2D eigenvalue weighted by Crippen LogP contribution is -2.41. The van der Waals surface area contributed by atoms with E-state index in [2.05, 4.69) is 15.5 Å². The van der Waals surface area contributed by atoms with Crippen LogP contribution in [0.1, 0.15) is 49.4 Å². The molecule has 35 heavy (non-hydrogen) atoms. The monoisotopic (exact) mass is 490 g/mol. The van der Waals surface area contributed by atoms with Gasteiger partial charge in [-0.15, -0.1) is 0 Å². The number of azo groups is 1. The second-order valence-corrected chi connectivity index (χ2v) is 10.5. The molecule has 7 nitrogen and oxygen atoms in total. The lowest BCUT2D eigenvalue weighted by Gasteiger charge is -2.32. The number of hydrogen-bond acceptors (Lipinski definition) is 5. The average Bonchev–Trinajstić information content (AvgIpc) is 2.90. The van der Waals surface area contributed by atoms with Gasteiger partial charge in [-0.3, -0.25) is 4.79 Å². The van der Waals surface area contributed by atoms with Gasteiger partial charge in [0.25, 0.3) is 5.91 Å². The molecule has 3 aromatic rings. The number of sulfonamides is 1. The summed E-state index contributed by atoms with van der Waals surface area (Å²) in [5.74, 6) is -0.313. The molecule has 3 aromatic carbocycles. The normalized spacial score (nSPS) is 14.9. The third-order valence-corrected chi connectivity index (χ3v) is 8.22. The van der Waals surface area contributed by atoms with Crippen LogP contribution in [0.5, 0.6) is 0 Å². The van der Waals surface area contributed by atoms with Gasteiger partial charge in [-0.1, -0.05) is 44.4 Å². The number of anilines is 1. The first-order chi connectivity index (χ1) is 17.0. The van der Waals surface area contributed by atoms with Gasteiger partial charge in [0, 0.05) is 23.8 Å². The number of amides is 1. The first kappa shape index (κ1) is 24.8. The maximum Gasteiger partial charge on any atom is 0.255 e. The summed E-state index contributed by atoms with van der Waals surface area (Å²) in [4.78, 5) is 12.9. The Labute approximate surface area is 207 Å². The highest BCUT2D eigenvalue weighted by Crippen LogP contribution is 2.28. The van der Waals surface area contributed by atoms with Crippen molar-refractivity contribution in [2.75, 3.05) is 11.9 Å². The molecule has 0 aromatic heterocycles. The third kappa shape index (κ3) is 6.21. The van der Waals surface area contributed by atoms with Gasteiger partial charge in [-0.05, 0) is 73.5 Å². The molecule has 0 spiro atoms. The molecule has 0 atom stereocenters. The summed E-state index contributed by atoms with van der Waals surface area (Å²) < 4.78 is 28.0. The molecule has 182 valence electrons. The van der Waals surface area contributed by atoms with Crippen molar-refractivity contribution < 1.29 is 13.2 Å². The van der Waals surface area contributed by atoms with Crippen LogP contribution in [0.25, 0.3) is 0 Å². The molecule has 1 fully saturated rings. The molecule has 0 aliphatic heterocycles. The van der Waals surface area contributed by atoms with E-state index in [0.29, 0.717) is 23.5 Å². The lowest BCUT2D eigenvalue weighted by molar-refractivity contribution is 0.102. The number of nitrogens with zero attached hydrogens (tertiary/aromatic N) is 3.